The standard InChI is InChI=1S/C33H32FN3O2.C32H27FN4O.C31H28FN3O.C27H27ClFN3O2/c1-21-26-14-13-25-29(24-10-6-7-11-27(24)34)36-31(23-12-15-28(35-20-23)22-8-4-3-5-9-22)37-30(25)32(26,2)16-17-33(21)38-18-19-39-33;1-19-25-14-13-24-28(23-10-6-7-11-26(23)33)36-31(21-12-15-27(34-17-21)20-8-4-3-5-9-20)37-30(24)32(25,2)16-22-18-35-38-29(19)22;1-19-24-14-13-23-28(22-10-6-7-11-25(22)32)34-30(35-29(23)31(24,2)17-16-27(19)36)21-12-15-26(33-18-21)20-8-4-3-5-9-20;1-16-20-9-8-19-23(18-5-3-4-6-21(18)29)31-25(17-7-10-22(28)30-15-17)32-24(19)26(20,2)11-12-27(16)33-13-14-34-27/h3-12,15,20-21,26H,13-14,16-19H2,1-2H3;3-12,15,17-19,25H,13-14,16H2,1-2H3;3-12,15,18-19,24H,13-14,16-17H2,1-2H3;3-7,10,15-16,20H,8-9,11-14H2,1-2H3/t21-,26-,32-;19-,25-,32-;19-,24-,31-;16-,20-,26-/m1111/s1. The molecule has 2 saturated heterocycles. The van der Waals surface area contributed by atoms with E-state index < -0.39 is 11.6 Å². The van der Waals surface area contributed by atoms with E-state index in [4.69, 9.17) is 84.9 Å². The molecular formula is C123H114ClF4N13O6. The molecule has 147 heavy (non-hydrogen) atoms. The molecule has 0 amide bonds. The molecule has 8 aliphatic carbocycles. The third kappa shape index (κ3) is 17.4. The highest BCUT2D eigenvalue weighted by Gasteiger charge is 2.61. The number of ketones is 1. The Hall–Kier alpha value is -13.8. The predicted molar refractivity (Wildman–Crippen MR) is 559 cm³/mol. The fraction of sp³-hybridized carbons (Fsp3) is 0.333. The number of benzene rings is 7. The van der Waals surface area contributed by atoms with Gasteiger partial charge in [-0.2, -0.15) is 0 Å². The van der Waals surface area contributed by atoms with Gasteiger partial charge in [0.25, 0.3) is 0 Å². The minimum atomic E-state index is -0.497. The van der Waals surface area contributed by atoms with Gasteiger partial charge in [0.1, 0.15) is 40.0 Å². The van der Waals surface area contributed by atoms with E-state index in [9.17, 15) is 9.18 Å². The maximum atomic E-state index is 15.2. The SMILES string of the molecule is C[C@@H]1[C@H]2CCc3c(-c4ccccc4F)nc(-c4ccc(-c5ccccc5)nc4)nc3[C@]2(C)CCC12OCCO2.C[C@@H]1[C@H]2CCc3c(-c4ccccc4F)nc(-c4ccc(Cl)nc4)nc3[C@]2(C)CCC12OCCO2.C[C@H]1C(=O)CC[C@@]2(C)c3nc(-c4ccc(-c5ccccc5)nc4)nc(-c4ccccc4F)c3CC[C@H]12.C[C@H]1c2oncc2C[C@@]2(C)c3nc(-c4ccc(-c5ccccc5)nc4)nc(-c4ccccc4F)c3CC[C@H]12. The summed E-state index contributed by atoms with van der Waals surface area (Å²) in [6.07, 6.45) is 21.4. The lowest BCUT2D eigenvalue weighted by Crippen LogP contribution is -2.55. The molecule has 0 unspecified atom stereocenters. The zero-order valence-electron chi connectivity index (χ0n) is 83.6. The molecule has 16 aromatic rings. The zero-order chi connectivity index (χ0) is 101. The lowest BCUT2D eigenvalue weighted by molar-refractivity contribution is -0.234. The van der Waals surface area contributed by atoms with Crippen LogP contribution in [0.5, 0.6) is 0 Å². The van der Waals surface area contributed by atoms with Gasteiger partial charge in [0.05, 0.1) is 95.3 Å². The van der Waals surface area contributed by atoms with Gasteiger partial charge in [0.15, 0.2) is 34.9 Å². The second-order valence-electron chi connectivity index (χ2n) is 42.4. The zero-order valence-corrected chi connectivity index (χ0v) is 84.4. The molecule has 7 aromatic carbocycles. The highest BCUT2D eigenvalue weighted by molar-refractivity contribution is 6.29. The number of nitrogens with zero attached hydrogens (tertiary/aromatic N) is 13. The Labute approximate surface area is 858 Å². The molecule has 0 radical (unpaired) electrons. The molecule has 11 heterocycles. The number of halogens is 5. The lowest BCUT2D eigenvalue weighted by Gasteiger charge is -2.54. The maximum absolute atomic E-state index is 15.2. The molecule has 2 spiro atoms. The fourth-order valence-electron chi connectivity index (χ4n) is 26.6. The molecule has 0 bridgehead atoms. The van der Waals surface area contributed by atoms with Crippen LogP contribution in [0.1, 0.15) is 182 Å². The number of hydrogen-bond acceptors (Lipinski definition) is 19. The van der Waals surface area contributed by atoms with Crippen molar-refractivity contribution in [2.24, 2.45) is 41.4 Å². The Morgan fingerprint density at radius 2 is 0.626 bits per heavy atom. The number of fused-ring (bicyclic) bond motifs is 13. The van der Waals surface area contributed by atoms with Crippen molar-refractivity contribution < 1.29 is 45.8 Å². The lowest BCUT2D eigenvalue weighted by atomic mass is 9.54. The van der Waals surface area contributed by atoms with Gasteiger partial charge in [-0.05, 0) is 198 Å². The third-order valence-electron chi connectivity index (χ3n) is 34.4. The molecule has 5 fully saturated rings. The number of ether oxygens (including phenoxy) is 4. The van der Waals surface area contributed by atoms with E-state index >= 15 is 13.2 Å². The topological polar surface area (TPSA) is 235 Å². The van der Waals surface area contributed by atoms with Gasteiger partial charge < -0.3 is 23.5 Å². The van der Waals surface area contributed by atoms with Gasteiger partial charge in [-0.15, -0.1) is 0 Å². The number of Topliss-reactive ketones (excluding diaryl/α,β-unsaturated/α-hetero) is 1. The van der Waals surface area contributed by atoms with Crippen LogP contribution in [-0.2, 0) is 77.5 Å². The summed E-state index contributed by atoms with van der Waals surface area (Å²) >= 11 is 6.03. The van der Waals surface area contributed by atoms with E-state index in [2.05, 4.69) is 70.5 Å². The maximum Gasteiger partial charge on any atom is 0.171 e. The van der Waals surface area contributed by atoms with E-state index in [0.717, 1.165) is 202 Å². The number of pyridine rings is 4. The van der Waals surface area contributed by atoms with Crippen LogP contribution in [-0.4, -0.2) is 109 Å². The average Bonchev–Trinajstić information content (AvgIpc) is 1.68. The third-order valence-corrected chi connectivity index (χ3v) is 34.7. The van der Waals surface area contributed by atoms with Crippen molar-refractivity contribution in [1.82, 2.24) is 65.0 Å². The summed E-state index contributed by atoms with van der Waals surface area (Å²) in [6.45, 7) is 20.6. The monoisotopic (exact) mass is 1980 g/mol. The van der Waals surface area contributed by atoms with Gasteiger partial charge in [0.2, 0.25) is 0 Å². The Morgan fingerprint density at radius 1 is 0.313 bits per heavy atom. The van der Waals surface area contributed by atoms with Crippen LogP contribution < -0.4 is 0 Å². The van der Waals surface area contributed by atoms with Crippen LogP contribution in [0.3, 0.4) is 0 Å². The first-order valence-electron chi connectivity index (χ1n) is 51.7. The molecule has 742 valence electrons. The molecular weight excluding hydrogens is 1870 g/mol. The van der Waals surface area contributed by atoms with Crippen molar-refractivity contribution in [3.8, 4) is 124 Å². The van der Waals surface area contributed by atoms with E-state index in [0.29, 0.717) is 130 Å². The fourth-order valence-corrected chi connectivity index (χ4v) is 26.7. The molecule has 10 aliphatic rings. The van der Waals surface area contributed by atoms with E-state index in [1.165, 1.54) is 24.3 Å². The Balaban J connectivity index is 0.000000108. The second-order valence-corrected chi connectivity index (χ2v) is 42.7. The van der Waals surface area contributed by atoms with Crippen molar-refractivity contribution >= 4 is 17.4 Å². The summed E-state index contributed by atoms with van der Waals surface area (Å²) in [7, 11) is 0. The number of carbonyl (C=O) groups is 1. The average molecular weight is 1980 g/mol. The van der Waals surface area contributed by atoms with Crippen LogP contribution in [0.25, 0.3) is 124 Å². The molecule has 2 aliphatic heterocycles. The Morgan fingerprint density at radius 3 is 0.959 bits per heavy atom. The molecule has 0 N–H and O–H groups in total. The van der Waals surface area contributed by atoms with Gasteiger partial charge >= 0.3 is 0 Å². The molecule has 24 heteroatoms. The van der Waals surface area contributed by atoms with E-state index in [1.807, 2.05) is 188 Å². The van der Waals surface area contributed by atoms with Crippen molar-refractivity contribution in [2.75, 3.05) is 26.4 Å². The van der Waals surface area contributed by atoms with Crippen LogP contribution in [0.2, 0.25) is 5.15 Å². The molecule has 12 atom stereocenters. The van der Waals surface area contributed by atoms with Gasteiger partial charge in [-0.1, -0.05) is 212 Å². The van der Waals surface area contributed by atoms with Crippen molar-refractivity contribution in [1.29, 1.82) is 0 Å². The minimum absolute atomic E-state index is 0.000880. The Kier molecular flexibility index (Phi) is 25.7. The molecule has 19 nitrogen and oxygen atoms in total. The van der Waals surface area contributed by atoms with E-state index in [1.54, 1.807) is 54.9 Å². The summed E-state index contributed by atoms with van der Waals surface area (Å²) in [5.74, 6) is 3.40. The van der Waals surface area contributed by atoms with Crippen LogP contribution >= 0.6 is 11.6 Å². The first-order valence-corrected chi connectivity index (χ1v) is 52.1. The predicted octanol–water partition coefficient (Wildman–Crippen LogP) is 27.0. The first kappa shape index (κ1) is 96.6. The van der Waals surface area contributed by atoms with Crippen LogP contribution in [0, 0.1) is 64.7 Å². The minimum Gasteiger partial charge on any atom is -0.361 e. The quantitative estimate of drug-likeness (QED) is 0.0864. The largest absolute Gasteiger partial charge is 0.361 e. The Bertz CT molecular complexity index is 7660. The van der Waals surface area contributed by atoms with Crippen molar-refractivity contribution in [3.63, 3.8) is 0 Å². The number of aromatic nitrogens is 13. The van der Waals surface area contributed by atoms with Crippen LogP contribution in [0.15, 0.2) is 272 Å². The summed E-state index contributed by atoms with van der Waals surface area (Å²) in [5, 5.41) is 4.52. The first-order chi connectivity index (χ1) is 71.4. The van der Waals surface area contributed by atoms with Crippen molar-refractivity contribution in [3.05, 3.63) is 352 Å². The number of carbonyl (C=O) groups excluding carboxylic acids is 1. The second kappa shape index (κ2) is 39.1. The smallest absolute Gasteiger partial charge is 0.171 e. The van der Waals surface area contributed by atoms with Crippen molar-refractivity contribution in [2.45, 2.75) is 191 Å². The summed E-state index contributed by atoms with van der Waals surface area (Å²) in [4.78, 5) is 71.5. The molecule has 9 aromatic heterocycles. The summed E-state index contributed by atoms with van der Waals surface area (Å²) < 4.78 is 90.8. The van der Waals surface area contributed by atoms with Gasteiger partial charge in [0, 0.05) is 178 Å². The normalized spacial score (nSPS) is 24.4. The molecule has 3 saturated carbocycles. The van der Waals surface area contributed by atoms with Gasteiger partial charge in [-0.3, -0.25) is 19.7 Å². The van der Waals surface area contributed by atoms with Crippen LogP contribution in [0.4, 0.5) is 17.6 Å². The number of hydrogen-bond donors (Lipinski definition) is 0. The highest BCUT2D eigenvalue weighted by atomic mass is 35.5. The van der Waals surface area contributed by atoms with Gasteiger partial charge in [-0.25, -0.2) is 62.4 Å². The summed E-state index contributed by atoms with van der Waals surface area (Å²) in [6, 6.07) is 73.2. The number of rotatable bonds is 11. The molecule has 26 rings (SSSR count). The highest BCUT2D eigenvalue weighted by Crippen LogP contribution is 2.62. The van der Waals surface area contributed by atoms with E-state index in [-0.39, 0.29) is 74.5 Å². The summed E-state index contributed by atoms with van der Waals surface area (Å²) in [5.41, 5.74) is 22.2.